The number of aliphatic imine (C=N–C) groups is 1. The Morgan fingerprint density at radius 1 is 1.19 bits per heavy atom. The molecule has 27 heavy (non-hydrogen) atoms. The number of amidine groups is 1. The Kier molecular flexibility index (Phi) is 7.03. The number of halogens is 7. The van der Waals surface area contributed by atoms with Gasteiger partial charge in [-0.25, -0.2) is 31.3 Å². The third kappa shape index (κ3) is 4.69. The second-order valence-electron chi connectivity index (χ2n) is 5.21. The van der Waals surface area contributed by atoms with Crippen molar-refractivity contribution in [3.63, 3.8) is 0 Å². The number of carbonyl (C=O) groups is 1. The van der Waals surface area contributed by atoms with E-state index in [-0.39, 0.29) is 10.5 Å². The second-order valence-corrected chi connectivity index (χ2v) is 7.63. The van der Waals surface area contributed by atoms with Crippen molar-refractivity contribution >= 4 is 39.7 Å². The van der Waals surface area contributed by atoms with Gasteiger partial charge in [0, 0.05) is 22.8 Å². The van der Waals surface area contributed by atoms with E-state index in [1.165, 1.54) is 6.92 Å². The number of thioether (sulfide) groups is 1. The molecule has 0 bridgehead atoms. The molecule has 1 saturated heterocycles. The average Bonchev–Trinajstić information content (AvgIpc) is 2.95. The van der Waals surface area contributed by atoms with E-state index in [0.29, 0.717) is 17.8 Å². The van der Waals surface area contributed by atoms with Crippen LogP contribution in [0.25, 0.3) is 0 Å². The molecule has 0 N–H and O–H groups in total. The highest BCUT2D eigenvalue weighted by atomic mass is 32.2. The first-order chi connectivity index (χ1) is 12.5. The molecule has 1 heterocycles. The maximum Gasteiger partial charge on any atom is 0.318 e. The van der Waals surface area contributed by atoms with Crippen molar-refractivity contribution in [3.8, 4) is 0 Å². The summed E-state index contributed by atoms with van der Waals surface area (Å²) in [5.41, 5.74) is -3.84. The van der Waals surface area contributed by atoms with E-state index in [9.17, 15) is 40.1 Å². The van der Waals surface area contributed by atoms with Gasteiger partial charge in [0.05, 0.1) is 5.75 Å². The lowest BCUT2D eigenvalue weighted by Gasteiger charge is -2.20. The molecule has 13 heteroatoms. The Bertz CT molecular complexity index is 750. The highest BCUT2D eigenvalue weighted by molar-refractivity contribution is 8.15. The van der Waals surface area contributed by atoms with Crippen molar-refractivity contribution < 1.29 is 40.1 Å². The van der Waals surface area contributed by atoms with Crippen LogP contribution < -0.4 is 0 Å². The van der Waals surface area contributed by atoms with Crippen LogP contribution >= 0.6 is 11.8 Å². The summed E-state index contributed by atoms with van der Waals surface area (Å²) in [5.74, 6) is -2.53. The number of alkyl halides is 6. The maximum atomic E-state index is 14.1. The topological polar surface area (TPSA) is 55.7 Å². The number of carbonyl (C=O) groups excluding carboxylic acids is 1. The van der Waals surface area contributed by atoms with Crippen LogP contribution in [-0.2, 0) is 16.0 Å². The fraction of sp³-hybridized carbons (Fsp3) is 0.429. The van der Waals surface area contributed by atoms with Gasteiger partial charge >= 0.3 is 11.9 Å². The predicted octanol–water partition coefficient (Wildman–Crippen LogP) is 3.93. The standard InChI is InChI=1S/C14H11F7N2O2S2/c1-5-2-6(15)7(3-8(5)27(25)13(21)11(18)19)22-14-23(9(24)4-26-14)12(20)10(16)17/h2-3,10-13H,4H2,1H3/b22-14-. The molecule has 1 amide bonds. The Hall–Kier alpha value is -1.47. The van der Waals surface area contributed by atoms with Gasteiger partial charge in [-0.05, 0) is 13.0 Å². The van der Waals surface area contributed by atoms with Crippen molar-refractivity contribution in [2.45, 2.75) is 36.5 Å². The molecule has 0 aliphatic carbocycles. The molecule has 3 unspecified atom stereocenters. The van der Waals surface area contributed by atoms with Crippen LogP contribution in [-0.4, -0.2) is 50.9 Å². The summed E-state index contributed by atoms with van der Waals surface area (Å²) in [6.45, 7) is 1.19. The SMILES string of the molecule is Cc1cc(F)c(/N=C2\SCC(=O)N2C(F)C(F)F)cc1[S+]([O-])C(F)C(F)F. The summed E-state index contributed by atoms with van der Waals surface area (Å²) in [5, 5.41) is -0.585. The van der Waals surface area contributed by atoms with E-state index in [0.717, 1.165) is 6.07 Å². The molecule has 0 aromatic heterocycles. The van der Waals surface area contributed by atoms with Gasteiger partial charge < -0.3 is 4.55 Å². The van der Waals surface area contributed by atoms with Gasteiger partial charge in [0.15, 0.2) is 10.1 Å². The van der Waals surface area contributed by atoms with Crippen LogP contribution in [0.5, 0.6) is 0 Å². The molecule has 1 aromatic rings. The summed E-state index contributed by atoms with van der Waals surface area (Å²) in [6, 6.07) is 1.43. The van der Waals surface area contributed by atoms with E-state index in [4.69, 9.17) is 0 Å². The van der Waals surface area contributed by atoms with Gasteiger partial charge in [-0.3, -0.25) is 9.69 Å². The molecule has 1 aromatic carbocycles. The zero-order chi connectivity index (χ0) is 20.5. The lowest BCUT2D eigenvalue weighted by atomic mass is 10.2. The fourth-order valence-corrected chi connectivity index (χ4v) is 4.01. The van der Waals surface area contributed by atoms with Crippen molar-refractivity contribution in [3.05, 3.63) is 23.5 Å². The summed E-state index contributed by atoms with van der Waals surface area (Å²) in [6.07, 6.45) is -10.1. The minimum atomic E-state index is -3.55. The number of nitrogens with zero attached hydrogens (tertiary/aromatic N) is 2. The molecule has 0 saturated carbocycles. The molecule has 0 spiro atoms. The highest BCUT2D eigenvalue weighted by Gasteiger charge is 2.40. The average molecular weight is 436 g/mol. The number of benzene rings is 1. The number of hydrogen-bond acceptors (Lipinski definition) is 4. The zero-order valence-electron chi connectivity index (χ0n) is 13.3. The Balaban J connectivity index is 2.45. The summed E-state index contributed by atoms with van der Waals surface area (Å²) < 4.78 is 103. The summed E-state index contributed by atoms with van der Waals surface area (Å²) >= 11 is -2.30. The molecule has 1 aliphatic heterocycles. The van der Waals surface area contributed by atoms with Gasteiger partial charge in [0.2, 0.25) is 12.2 Å². The van der Waals surface area contributed by atoms with Crippen LogP contribution in [0, 0.1) is 12.7 Å². The van der Waals surface area contributed by atoms with Gasteiger partial charge in [0.25, 0.3) is 6.43 Å². The molecule has 2 rings (SSSR count). The second kappa shape index (κ2) is 8.69. The van der Waals surface area contributed by atoms with Crippen molar-refractivity contribution in [1.82, 2.24) is 4.90 Å². The van der Waals surface area contributed by atoms with E-state index in [1.807, 2.05) is 0 Å². The fourth-order valence-electron chi connectivity index (χ4n) is 2.08. The Morgan fingerprint density at radius 3 is 2.37 bits per heavy atom. The van der Waals surface area contributed by atoms with E-state index in [1.54, 1.807) is 0 Å². The lowest BCUT2D eigenvalue weighted by Crippen LogP contribution is -2.41. The van der Waals surface area contributed by atoms with Gasteiger partial charge in [0.1, 0.15) is 11.5 Å². The van der Waals surface area contributed by atoms with Crippen molar-refractivity contribution in [2.75, 3.05) is 5.75 Å². The van der Waals surface area contributed by atoms with E-state index >= 15 is 0 Å². The van der Waals surface area contributed by atoms with Crippen LogP contribution in [0.4, 0.5) is 36.4 Å². The van der Waals surface area contributed by atoms with Gasteiger partial charge in [-0.1, -0.05) is 11.8 Å². The minimum Gasteiger partial charge on any atom is -0.609 e. The third-order valence-corrected chi connectivity index (χ3v) is 5.76. The van der Waals surface area contributed by atoms with E-state index in [2.05, 4.69) is 4.99 Å². The molecule has 3 atom stereocenters. The maximum absolute atomic E-state index is 14.1. The smallest absolute Gasteiger partial charge is 0.318 e. The quantitative estimate of drug-likeness (QED) is 0.386. The highest BCUT2D eigenvalue weighted by Crippen LogP contribution is 2.33. The molecule has 1 fully saturated rings. The molecule has 0 radical (unpaired) electrons. The molecular weight excluding hydrogens is 425 g/mol. The third-order valence-electron chi connectivity index (χ3n) is 3.33. The van der Waals surface area contributed by atoms with Crippen LogP contribution in [0.3, 0.4) is 0 Å². The molecule has 4 nitrogen and oxygen atoms in total. The van der Waals surface area contributed by atoms with Gasteiger partial charge in [-0.2, -0.15) is 4.39 Å². The lowest BCUT2D eigenvalue weighted by molar-refractivity contribution is -0.132. The number of hydrogen-bond donors (Lipinski definition) is 0. The zero-order valence-corrected chi connectivity index (χ0v) is 15.0. The first kappa shape index (κ1) is 21.8. The normalized spacial score (nSPS) is 20.0. The van der Waals surface area contributed by atoms with E-state index < -0.39 is 69.1 Å². The van der Waals surface area contributed by atoms with Crippen LogP contribution in [0.1, 0.15) is 5.56 Å². The van der Waals surface area contributed by atoms with Crippen LogP contribution in [0.2, 0.25) is 0 Å². The van der Waals surface area contributed by atoms with Crippen molar-refractivity contribution in [1.29, 1.82) is 0 Å². The first-order valence-corrected chi connectivity index (χ1v) is 9.33. The van der Waals surface area contributed by atoms with Gasteiger partial charge in [-0.15, -0.1) is 0 Å². The van der Waals surface area contributed by atoms with Crippen molar-refractivity contribution in [2.24, 2.45) is 4.99 Å². The Labute approximate surface area is 156 Å². The molecular formula is C14H11F7N2O2S2. The number of aryl methyl sites for hydroxylation is 1. The monoisotopic (exact) mass is 436 g/mol. The molecule has 150 valence electrons. The number of rotatable bonds is 6. The minimum absolute atomic E-state index is 0.0440. The molecule has 1 aliphatic rings. The largest absolute Gasteiger partial charge is 0.609 e. The first-order valence-electron chi connectivity index (χ1n) is 7.13. The summed E-state index contributed by atoms with van der Waals surface area (Å²) in [4.78, 5) is 14.7. The number of amides is 1. The van der Waals surface area contributed by atoms with Crippen LogP contribution in [0.15, 0.2) is 22.0 Å². The predicted molar refractivity (Wildman–Crippen MR) is 85.7 cm³/mol. The summed E-state index contributed by atoms with van der Waals surface area (Å²) in [7, 11) is 0. The Morgan fingerprint density at radius 2 is 1.81 bits per heavy atom.